The van der Waals surface area contributed by atoms with Gasteiger partial charge in [-0.1, -0.05) is 13.8 Å². The standard InChI is InChI=1S/C14H24N6/c1-5-19(6-2)9-8-15-14-13-12(16-10-17-14)11(4)18-20(13)7-3/h10H,5-9H2,1-4H3,(H,15,16,17). The summed E-state index contributed by atoms with van der Waals surface area (Å²) in [7, 11) is 0. The molecule has 0 unspecified atom stereocenters. The molecule has 0 spiro atoms. The van der Waals surface area contributed by atoms with E-state index in [9.17, 15) is 0 Å². The molecule has 0 aliphatic carbocycles. The summed E-state index contributed by atoms with van der Waals surface area (Å²) in [5.41, 5.74) is 2.90. The molecule has 0 aromatic carbocycles. The summed E-state index contributed by atoms with van der Waals surface area (Å²) in [5, 5.41) is 7.93. The lowest BCUT2D eigenvalue weighted by Gasteiger charge is -2.18. The molecule has 0 bridgehead atoms. The Bertz CT molecular complexity index is 558. The van der Waals surface area contributed by atoms with Crippen LogP contribution in [0.2, 0.25) is 0 Å². The quantitative estimate of drug-likeness (QED) is 0.837. The Kier molecular flexibility index (Phi) is 4.89. The Morgan fingerprint density at radius 1 is 1.20 bits per heavy atom. The molecule has 2 rings (SSSR count). The van der Waals surface area contributed by atoms with Crippen LogP contribution in [0.15, 0.2) is 6.33 Å². The second kappa shape index (κ2) is 6.65. The number of nitrogens with one attached hydrogen (secondary N) is 1. The van der Waals surface area contributed by atoms with Gasteiger partial charge in [0.25, 0.3) is 0 Å². The topological polar surface area (TPSA) is 58.9 Å². The van der Waals surface area contributed by atoms with Crippen molar-refractivity contribution in [3.8, 4) is 0 Å². The Balaban J connectivity index is 2.17. The maximum atomic E-state index is 4.51. The minimum absolute atomic E-state index is 0.822. The second-order valence-corrected chi connectivity index (χ2v) is 4.77. The Morgan fingerprint density at radius 2 is 1.95 bits per heavy atom. The van der Waals surface area contributed by atoms with Crippen molar-refractivity contribution >= 4 is 16.9 Å². The summed E-state index contributed by atoms with van der Waals surface area (Å²) in [6.45, 7) is 13.3. The number of rotatable bonds is 7. The first-order chi connectivity index (χ1) is 9.71. The van der Waals surface area contributed by atoms with Gasteiger partial charge in [-0.2, -0.15) is 5.10 Å². The molecule has 110 valence electrons. The maximum Gasteiger partial charge on any atom is 0.155 e. The number of aryl methyl sites for hydroxylation is 2. The summed E-state index contributed by atoms with van der Waals surface area (Å²) in [6.07, 6.45) is 1.61. The van der Waals surface area contributed by atoms with Gasteiger partial charge in [0.2, 0.25) is 0 Å². The van der Waals surface area contributed by atoms with Gasteiger partial charge < -0.3 is 10.2 Å². The van der Waals surface area contributed by atoms with Gasteiger partial charge in [-0.05, 0) is 26.9 Å². The molecule has 1 N–H and O–H groups in total. The number of aromatic nitrogens is 4. The van der Waals surface area contributed by atoms with Crippen LogP contribution < -0.4 is 5.32 Å². The number of nitrogens with zero attached hydrogens (tertiary/aromatic N) is 5. The number of likely N-dealkylation sites (N-methyl/N-ethyl adjacent to an activating group) is 1. The predicted octanol–water partition coefficient (Wildman–Crippen LogP) is 1.91. The van der Waals surface area contributed by atoms with E-state index in [1.807, 2.05) is 11.6 Å². The molecule has 2 heterocycles. The van der Waals surface area contributed by atoms with Gasteiger partial charge in [0, 0.05) is 19.6 Å². The van der Waals surface area contributed by atoms with Crippen molar-refractivity contribution < 1.29 is 0 Å². The zero-order chi connectivity index (χ0) is 14.5. The van der Waals surface area contributed by atoms with Crippen LogP contribution in [-0.4, -0.2) is 50.8 Å². The van der Waals surface area contributed by atoms with E-state index in [0.29, 0.717) is 0 Å². The van der Waals surface area contributed by atoms with E-state index < -0.39 is 0 Å². The van der Waals surface area contributed by atoms with Crippen LogP contribution >= 0.6 is 0 Å². The van der Waals surface area contributed by atoms with Gasteiger partial charge in [-0.25, -0.2) is 9.97 Å². The van der Waals surface area contributed by atoms with Gasteiger partial charge >= 0.3 is 0 Å². The lowest BCUT2D eigenvalue weighted by atomic mass is 10.3. The largest absolute Gasteiger partial charge is 0.367 e. The fraction of sp³-hybridized carbons (Fsp3) is 0.643. The first-order valence-electron chi connectivity index (χ1n) is 7.35. The monoisotopic (exact) mass is 276 g/mol. The van der Waals surface area contributed by atoms with Crippen LogP contribution in [0.3, 0.4) is 0 Å². The van der Waals surface area contributed by atoms with Crippen molar-refractivity contribution in [2.24, 2.45) is 0 Å². The zero-order valence-electron chi connectivity index (χ0n) is 12.8. The molecule has 0 radical (unpaired) electrons. The molecule has 0 saturated heterocycles. The molecule has 0 aliphatic rings. The molecule has 20 heavy (non-hydrogen) atoms. The fourth-order valence-corrected chi connectivity index (χ4v) is 2.40. The van der Waals surface area contributed by atoms with E-state index in [2.05, 4.69) is 46.1 Å². The normalized spacial score (nSPS) is 11.4. The highest BCUT2D eigenvalue weighted by Crippen LogP contribution is 2.21. The Labute approximate surface area is 120 Å². The van der Waals surface area contributed by atoms with Gasteiger partial charge in [0.15, 0.2) is 5.82 Å². The zero-order valence-corrected chi connectivity index (χ0v) is 12.8. The molecule has 2 aromatic rings. The van der Waals surface area contributed by atoms with Crippen LogP contribution in [0.4, 0.5) is 5.82 Å². The molecule has 0 fully saturated rings. The highest BCUT2D eigenvalue weighted by molar-refractivity contribution is 5.87. The number of fused-ring (bicyclic) bond motifs is 1. The van der Waals surface area contributed by atoms with Gasteiger partial charge in [-0.15, -0.1) is 0 Å². The van der Waals surface area contributed by atoms with Crippen LogP contribution in [0, 0.1) is 6.92 Å². The fourth-order valence-electron chi connectivity index (χ4n) is 2.40. The smallest absolute Gasteiger partial charge is 0.155 e. The number of anilines is 1. The van der Waals surface area contributed by atoms with E-state index in [0.717, 1.165) is 55.3 Å². The lowest BCUT2D eigenvalue weighted by molar-refractivity contribution is 0.316. The highest BCUT2D eigenvalue weighted by atomic mass is 15.3. The molecular weight excluding hydrogens is 252 g/mol. The molecular formula is C14H24N6. The molecule has 0 atom stereocenters. The average Bonchev–Trinajstić information content (AvgIpc) is 2.81. The van der Waals surface area contributed by atoms with E-state index in [4.69, 9.17) is 0 Å². The van der Waals surface area contributed by atoms with Gasteiger partial charge in [0.1, 0.15) is 17.4 Å². The molecule has 6 heteroatoms. The summed E-state index contributed by atoms with van der Waals surface area (Å²) < 4.78 is 1.96. The first-order valence-corrected chi connectivity index (χ1v) is 7.35. The van der Waals surface area contributed by atoms with Crippen LogP contribution in [0.25, 0.3) is 11.0 Å². The summed E-state index contributed by atoms with van der Waals surface area (Å²) >= 11 is 0. The third-order valence-electron chi connectivity index (χ3n) is 3.61. The van der Waals surface area contributed by atoms with Crippen molar-refractivity contribution in [1.82, 2.24) is 24.6 Å². The SMILES string of the molecule is CCN(CC)CCNc1ncnc2c(C)nn(CC)c12. The Hall–Kier alpha value is -1.69. The van der Waals surface area contributed by atoms with Crippen molar-refractivity contribution in [2.45, 2.75) is 34.2 Å². The summed E-state index contributed by atoms with van der Waals surface area (Å²) in [6, 6.07) is 0. The van der Waals surface area contributed by atoms with Crippen LogP contribution in [-0.2, 0) is 6.54 Å². The van der Waals surface area contributed by atoms with Gasteiger partial charge in [-0.3, -0.25) is 4.68 Å². The number of hydrogen-bond donors (Lipinski definition) is 1. The van der Waals surface area contributed by atoms with Gasteiger partial charge in [0.05, 0.1) is 5.69 Å². The van der Waals surface area contributed by atoms with Crippen LogP contribution in [0.1, 0.15) is 26.5 Å². The highest BCUT2D eigenvalue weighted by Gasteiger charge is 2.12. The third kappa shape index (κ3) is 2.90. The van der Waals surface area contributed by atoms with Crippen molar-refractivity contribution in [2.75, 3.05) is 31.5 Å². The third-order valence-corrected chi connectivity index (χ3v) is 3.61. The first kappa shape index (κ1) is 14.7. The molecule has 0 saturated carbocycles. The molecule has 2 aromatic heterocycles. The molecule has 0 aliphatic heterocycles. The second-order valence-electron chi connectivity index (χ2n) is 4.77. The molecule has 0 amide bonds. The predicted molar refractivity (Wildman–Crippen MR) is 82.0 cm³/mol. The van der Waals surface area contributed by atoms with E-state index in [-0.39, 0.29) is 0 Å². The minimum Gasteiger partial charge on any atom is -0.367 e. The average molecular weight is 276 g/mol. The number of hydrogen-bond acceptors (Lipinski definition) is 5. The maximum absolute atomic E-state index is 4.51. The van der Waals surface area contributed by atoms with Crippen LogP contribution in [0.5, 0.6) is 0 Å². The van der Waals surface area contributed by atoms with E-state index in [1.165, 1.54) is 0 Å². The van der Waals surface area contributed by atoms with Crippen molar-refractivity contribution in [3.63, 3.8) is 0 Å². The Morgan fingerprint density at radius 3 is 2.60 bits per heavy atom. The lowest BCUT2D eigenvalue weighted by Crippen LogP contribution is -2.28. The molecule has 6 nitrogen and oxygen atoms in total. The minimum atomic E-state index is 0.822. The van der Waals surface area contributed by atoms with Crippen molar-refractivity contribution in [3.05, 3.63) is 12.0 Å². The summed E-state index contributed by atoms with van der Waals surface area (Å²) in [5.74, 6) is 0.879. The van der Waals surface area contributed by atoms with E-state index in [1.54, 1.807) is 6.33 Å². The van der Waals surface area contributed by atoms with Crippen molar-refractivity contribution in [1.29, 1.82) is 0 Å². The summed E-state index contributed by atoms with van der Waals surface area (Å²) in [4.78, 5) is 11.1. The van der Waals surface area contributed by atoms with E-state index >= 15 is 0 Å².